The van der Waals surface area contributed by atoms with Gasteiger partial charge in [-0.1, -0.05) is 19.9 Å². The second-order valence-electron chi connectivity index (χ2n) is 3.76. The van der Waals surface area contributed by atoms with Crippen LogP contribution in [0.25, 0.3) is 0 Å². The Kier molecular flexibility index (Phi) is 3.83. The van der Waals surface area contributed by atoms with Gasteiger partial charge >= 0.3 is 0 Å². The second kappa shape index (κ2) is 4.91. The molecule has 1 rings (SSSR count). The number of rotatable bonds is 3. The number of nitrogens with one attached hydrogen (secondary N) is 1. The normalized spacial score (nSPS) is 12.3. The summed E-state index contributed by atoms with van der Waals surface area (Å²) >= 11 is 0. The van der Waals surface area contributed by atoms with Gasteiger partial charge in [0, 0.05) is 11.6 Å². The van der Waals surface area contributed by atoms with Crippen molar-refractivity contribution in [2.24, 2.45) is 5.92 Å². The zero-order valence-electron chi connectivity index (χ0n) is 9.30. The van der Waals surface area contributed by atoms with Crippen LogP contribution in [0.1, 0.15) is 25.8 Å². The third kappa shape index (κ3) is 3.05. The summed E-state index contributed by atoms with van der Waals surface area (Å²) in [5, 5.41) is 2.72. The number of halogens is 1. The molecule has 1 aromatic carbocycles. The third-order valence-corrected chi connectivity index (χ3v) is 2.52. The SMILES string of the molecule is CC[C@@H](C)C(=O)Nc1cc(F)ccc1C. The maximum Gasteiger partial charge on any atom is 0.227 e. The summed E-state index contributed by atoms with van der Waals surface area (Å²) in [5.74, 6) is -0.445. The minimum Gasteiger partial charge on any atom is -0.326 e. The molecule has 82 valence electrons. The van der Waals surface area contributed by atoms with Gasteiger partial charge in [0.15, 0.2) is 0 Å². The molecule has 0 radical (unpaired) electrons. The first-order valence-electron chi connectivity index (χ1n) is 5.11. The smallest absolute Gasteiger partial charge is 0.227 e. The molecule has 0 aliphatic rings. The van der Waals surface area contributed by atoms with Crippen molar-refractivity contribution in [1.29, 1.82) is 0 Å². The number of carbonyl (C=O) groups excluding carboxylic acids is 1. The van der Waals surface area contributed by atoms with E-state index < -0.39 is 0 Å². The first kappa shape index (κ1) is 11.7. The fourth-order valence-corrected chi connectivity index (χ4v) is 1.17. The topological polar surface area (TPSA) is 29.1 Å². The molecule has 0 unspecified atom stereocenters. The summed E-state index contributed by atoms with van der Waals surface area (Å²) in [5.41, 5.74) is 1.42. The van der Waals surface area contributed by atoms with Crippen LogP contribution >= 0.6 is 0 Å². The van der Waals surface area contributed by atoms with Crippen molar-refractivity contribution in [3.63, 3.8) is 0 Å². The Hall–Kier alpha value is -1.38. The van der Waals surface area contributed by atoms with Crippen LogP contribution in [0.4, 0.5) is 10.1 Å². The van der Waals surface area contributed by atoms with Crippen LogP contribution in [-0.4, -0.2) is 5.91 Å². The van der Waals surface area contributed by atoms with Crippen molar-refractivity contribution in [3.8, 4) is 0 Å². The lowest BCUT2D eigenvalue weighted by Crippen LogP contribution is -2.20. The first-order chi connectivity index (χ1) is 7.04. The summed E-state index contributed by atoms with van der Waals surface area (Å²) < 4.78 is 12.9. The van der Waals surface area contributed by atoms with Crippen LogP contribution in [0.3, 0.4) is 0 Å². The molecule has 2 nitrogen and oxygen atoms in total. The monoisotopic (exact) mass is 209 g/mol. The van der Waals surface area contributed by atoms with Crippen LogP contribution in [0, 0.1) is 18.7 Å². The van der Waals surface area contributed by atoms with E-state index in [1.807, 2.05) is 20.8 Å². The largest absolute Gasteiger partial charge is 0.326 e. The Morgan fingerprint density at radius 3 is 2.80 bits per heavy atom. The summed E-state index contributed by atoms with van der Waals surface area (Å²) in [7, 11) is 0. The summed E-state index contributed by atoms with van der Waals surface area (Å²) in [6.07, 6.45) is 0.778. The molecule has 1 N–H and O–H groups in total. The maximum atomic E-state index is 12.9. The van der Waals surface area contributed by atoms with E-state index in [1.54, 1.807) is 6.07 Å². The van der Waals surface area contributed by atoms with E-state index in [9.17, 15) is 9.18 Å². The fraction of sp³-hybridized carbons (Fsp3) is 0.417. The molecule has 0 aliphatic heterocycles. The molecule has 3 heteroatoms. The van der Waals surface area contributed by atoms with Gasteiger partial charge in [0.05, 0.1) is 0 Å². The molecular weight excluding hydrogens is 193 g/mol. The van der Waals surface area contributed by atoms with Gasteiger partial charge in [-0.25, -0.2) is 4.39 Å². The predicted molar refractivity (Wildman–Crippen MR) is 59.2 cm³/mol. The number of carbonyl (C=O) groups is 1. The predicted octanol–water partition coefficient (Wildman–Crippen LogP) is 3.12. The molecule has 0 aromatic heterocycles. The van der Waals surface area contributed by atoms with Crippen LogP contribution in [0.2, 0.25) is 0 Å². The van der Waals surface area contributed by atoms with E-state index >= 15 is 0 Å². The van der Waals surface area contributed by atoms with Crippen molar-refractivity contribution in [2.75, 3.05) is 5.32 Å². The van der Waals surface area contributed by atoms with Gasteiger partial charge in [-0.3, -0.25) is 4.79 Å². The number of aryl methyl sites for hydroxylation is 1. The summed E-state index contributed by atoms with van der Waals surface area (Å²) in [6.45, 7) is 5.64. The Labute approximate surface area is 89.5 Å². The van der Waals surface area contributed by atoms with E-state index in [4.69, 9.17) is 0 Å². The lowest BCUT2D eigenvalue weighted by atomic mass is 10.1. The molecule has 0 spiro atoms. The van der Waals surface area contributed by atoms with Gasteiger partial charge in [-0.2, -0.15) is 0 Å². The zero-order valence-corrected chi connectivity index (χ0v) is 9.30. The molecule has 0 saturated heterocycles. The van der Waals surface area contributed by atoms with E-state index in [0.717, 1.165) is 12.0 Å². The Morgan fingerprint density at radius 2 is 2.20 bits per heavy atom. The van der Waals surface area contributed by atoms with Crippen LogP contribution in [0.15, 0.2) is 18.2 Å². The second-order valence-corrected chi connectivity index (χ2v) is 3.76. The quantitative estimate of drug-likeness (QED) is 0.814. The van der Waals surface area contributed by atoms with Gasteiger partial charge in [0.25, 0.3) is 0 Å². The molecule has 0 saturated carbocycles. The molecular formula is C12H16FNO. The number of benzene rings is 1. The molecule has 1 aromatic rings. The minimum atomic E-state index is -0.333. The lowest BCUT2D eigenvalue weighted by molar-refractivity contribution is -0.119. The molecule has 15 heavy (non-hydrogen) atoms. The first-order valence-corrected chi connectivity index (χ1v) is 5.11. The molecule has 1 atom stereocenters. The van der Waals surface area contributed by atoms with Crippen LogP contribution in [0.5, 0.6) is 0 Å². The van der Waals surface area contributed by atoms with Crippen molar-refractivity contribution >= 4 is 11.6 Å². The highest BCUT2D eigenvalue weighted by atomic mass is 19.1. The number of amides is 1. The van der Waals surface area contributed by atoms with Crippen LogP contribution in [-0.2, 0) is 4.79 Å². The van der Waals surface area contributed by atoms with E-state index in [2.05, 4.69) is 5.32 Å². The lowest BCUT2D eigenvalue weighted by Gasteiger charge is -2.11. The summed E-state index contributed by atoms with van der Waals surface area (Å²) in [6, 6.07) is 4.38. The van der Waals surface area contributed by atoms with Gasteiger partial charge in [-0.15, -0.1) is 0 Å². The van der Waals surface area contributed by atoms with Gasteiger partial charge in [0.2, 0.25) is 5.91 Å². The highest BCUT2D eigenvalue weighted by molar-refractivity contribution is 5.92. The molecule has 0 heterocycles. The standard InChI is InChI=1S/C12H16FNO/c1-4-8(2)12(15)14-11-7-10(13)6-5-9(11)3/h5-8H,4H2,1-3H3,(H,14,15)/t8-/m1/s1. The number of hydrogen-bond acceptors (Lipinski definition) is 1. The number of hydrogen-bond donors (Lipinski definition) is 1. The number of anilines is 1. The van der Waals surface area contributed by atoms with Crippen molar-refractivity contribution < 1.29 is 9.18 Å². The van der Waals surface area contributed by atoms with Gasteiger partial charge < -0.3 is 5.32 Å². The van der Waals surface area contributed by atoms with Crippen molar-refractivity contribution in [3.05, 3.63) is 29.6 Å². The average Bonchev–Trinajstić information content (AvgIpc) is 2.22. The maximum absolute atomic E-state index is 12.9. The van der Waals surface area contributed by atoms with E-state index in [1.165, 1.54) is 12.1 Å². The summed E-state index contributed by atoms with van der Waals surface area (Å²) in [4.78, 5) is 11.6. The Balaban J connectivity index is 2.80. The average molecular weight is 209 g/mol. The van der Waals surface area contributed by atoms with E-state index in [0.29, 0.717) is 5.69 Å². The van der Waals surface area contributed by atoms with Crippen molar-refractivity contribution in [2.45, 2.75) is 27.2 Å². The minimum absolute atomic E-state index is 0.0485. The Morgan fingerprint density at radius 1 is 1.53 bits per heavy atom. The van der Waals surface area contributed by atoms with E-state index in [-0.39, 0.29) is 17.6 Å². The zero-order chi connectivity index (χ0) is 11.4. The van der Waals surface area contributed by atoms with Crippen molar-refractivity contribution in [1.82, 2.24) is 0 Å². The molecule has 0 bridgehead atoms. The third-order valence-electron chi connectivity index (χ3n) is 2.52. The fourth-order valence-electron chi connectivity index (χ4n) is 1.17. The highest BCUT2D eigenvalue weighted by Crippen LogP contribution is 2.17. The molecule has 1 amide bonds. The van der Waals surface area contributed by atoms with Gasteiger partial charge in [0.1, 0.15) is 5.82 Å². The van der Waals surface area contributed by atoms with Gasteiger partial charge in [-0.05, 0) is 31.0 Å². The molecule has 0 fully saturated rings. The Bertz CT molecular complexity index is 363. The highest BCUT2D eigenvalue weighted by Gasteiger charge is 2.11. The molecule has 0 aliphatic carbocycles. The van der Waals surface area contributed by atoms with Crippen LogP contribution < -0.4 is 5.32 Å².